The Bertz CT molecular complexity index is 1310. The van der Waals surface area contributed by atoms with Gasteiger partial charge in [0.15, 0.2) is 0 Å². The molecule has 7 nitrogen and oxygen atoms in total. The lowest BCUT2D eigenvalue weighted by molar-refractivity contribution is -0.116. The Hall–Kier alpha value is -3.36. The molecule has 8 heteroatoms. The van der Waals surface area contributed by atoms with Crippen molar-refractivity contribution < 1.29 is 17.6 Å². The lowest BCUT2D eigenvalue weighted by Crippen LogP contribution is -2.31. The van der Waals surface area contributed by atoms with Crippen molar-refractivity contribution >= 4 is 49.2 Å². The summed E-state index contributed by atoms with van der Waals surface area (Å²) in [7, 11) is -3.77. The van der Waals surface area contributed by atoms with Gasteiger partial charge in [-0.1, -0.05) is 18.2 Å². The summed E-state index contributed by atoms with van der Waals surface area (Å²) in [4.78, 5) is 12.5. The topological polar surface area (TPSA) is 114 Å². The number of primary sulfonamides is 1. The van der Waals surface area contributed by atoms with E-state index in [-0.39, 0.29) is 10.8 Å². The predicted octanol–water partition coefficient (Wildman–Crippen LogP) is 3.67. The second-order valence-corrected chi connectivity index (χ2v) is 8.30. The highest BCUT2D eigenvalue weighted by molar-refractivity contribution is 7.89. The van der Waals surface area contributed by atoms with E-state index in [0.29, 0.717) is 5.69 Å². The first-order chi connectivity index (χ1) is 13.8. The van der Waals surface area contributed by atoms with Gasteiger partial charge in [0.1, 0.15) is 17.2 Å². The minimum atomic E-state index is -3.77. The number of sulfonamides is 1. The van der Waals surface area contributed by atoms with Gasteiger partial charge in [0, 0.05) is 22.1 Å². The second-order valence-electron chi connectivity index (χ2n) is 6.73. The number of para-hydroxylation sites is 1. The zero-order valence-electron chi connectivity index (χ0n) is 15.5. The van der Waals surface area contributed by atoms with E-state index < -0.39 is 16.1 Å². The van der Waals surface area contributed by atoms with Crippen LogP contribution in [0.5, 0.6) is 0 Å². The van der Waals surface area contributed by atoms with E-state index in [2.05, 4.69) is 10.6 Å². The Morgan fingerprint density at radius 1 is 0.931 bits per heavy atom. The molecule has 4 aromatic rings. The number of rotatable bonds is 5. The van der Waals surface area contributed by atoms with Crippen LogP contribution in [0, 0.1) is 0 Å². The van der Waals surface area contributed by atoms with E-state index in [4.69, 9.17) is 9.56 Å². The van der Waals surface area contributed by atoms with E-state index in [1.165, 1.54) is 24.3 Å². The van der Waals surface area contributed by atoms with Crippen LogP contribution in [-0.4, -0.2) is 20.4 Å². The van der Waals surface area contributed by atoms with Crippen molar-refractivity contribution in [1.29, 1.82) is 0 Å². The molecule has 0 radical (unpaired) electrons. The lowest BCUT2D eigenvalue weighted by Gasteiger charge is -2.15. The van der Waals surface area contributed by atoms with Gasteiger partial charge in [0.2, 0.25) is 15.9 Å². The summed E-state index contributed by atoms with van der Waals surface area (Å²) in [6.45, 7) is 1.74. The van der Waals surface area contributed by atoms with Gasteiger partial charge in [0.05, 0.1) is 4.90 Å². The van der Waals surface area contributed by atoms with E-state index >= 15 is 0 Å². The monoisotopic (exact) mass is 409 g/mol. The second kappa shape index (κ2) is 7.23. The van der Waals surface area contributed by atoms with Gasteiger partial charge in [-0.15, -0.1) is 0 Å². The maximum absolute atomic E-state index is 12.5. The number of anilines is 2. The number of fused-ring (bicyclic) bond motifs is 3. The molecule has 0 saturated carbocycles. The predicted molar refractivity (Wildman–Crippen MR) is 113 cm³/mol. The van der Waals surface area contributed by atoms with Crippen LogP contribution < -0.4 is 15.8 Å². The Morgan fingerprint density at radius 2 is 1.59 bits per heavy atom. The fraction of sp³-hybridized carbons (Fsp3) is 0.0952. The summed E-state index contributed by atoms with van der Waals surface area (Å²) in [5, 5.41) is 13.0. The molecule has 0 bridgehead atoms. The molecule has 1 amide bonds. The van der Waals surface area contributed by atoms with Crippen molar-refractivity contribution in [3.8, 4) is 0 Å². The van der Waals surface area contributed by atoms with Crippen molar-refractivity contribution in [1.82, 2.24) is 0 Å². The number of carbonyl (C=O) groups excluding carboxylic acids is 1. The summed E-state index contributed by atoms with van der Waals surface area (Å²) in [6, 6.07) is 18.6. The molecule has 0 saturated heterocycles. The zero-order chi connectivity index (χ0) is 20.6. The third-order valence-electron chi connectivity index (χ3n) is 4.60. The summed E-state index contributed by atoms with van der Waals surface area (Å²) in [5.41, 5.74) is 2.86. The van der Waals surface area contributed by atoms with Gasteiger partial charge in [-0.2, -0.15) is 0 Å². The van der Waals surface area contributed by atoms with Gasteiger partial charge < -0.3 is 15.1 Å². The Balaban J connectivity index is 1.49. The van der Waals surface area contributed by atoms with E-state index in [0.717, 1.165) is 27.6 Å². The van der Waals surface area contributed by atoms with Crippen LogP contribution >= 0.6 is 0 Å². The smallest absolute Gasteiger partial charge is 0.246 e. The van der Waals surface area contributed by atoms with Crippen molar-refractivity contribution in [2.75, 3.05) is 10.6 Å². The van der Waals surface area contributed by atoms with Gasteiger partial charge in [-0.25, -0.2) is 13.6 Å². The zero-order valence-corrected chi connectivity index (χ0v) is 16.4. The summed E-state index contributed by atoms with van der Waals surface area (Å²) < 4.78 is 28.4. The van der Waals surface area contributed by atoms with E-state index in [9.17, 15) is 13.2 Å². The molecule has 4 rings (SSSR count). The van der Waals surface area contributed by atoms with Crippen molar-refractivity contribution in [3.05, 3.63) is 66.7 Å². The molecule has 0 unspecified atom stereocenters. The summed E-state index contributed by atoms with van der Waals surface area (Å²) >= 11 is 0. The fourth-order valence-electron chi connectivity index (χ4n) is 3.11. The van der Waals surface area contributed by atoms with Crippen molar-refractivity contribution in [2.24, 2.45) is 5.14 Å². The van der Waals surface area contributed by atoms with Crippen LogP contribution in [-0.2, 0) is 14.8 Å². The van der Waals surface area contributed by atoms with Gasteiger partial charge in [-0.05, 0) is 55.5 Å². The van der Waals surface area contributed by atoms with Crippen LogP contribution in [0.2, 0.25) is 0 Å². The number of nitrogens with one attached hydrogen (secondary N) is 2. The number of benzene rings is 3. The minimum Gasteiger partial charge on any atom is -0.456 e. The molecule has 1 heterocycles. The number of hydrogen-bond donors (Lipinski definition) is 3. The van der Waals surface area contributed by atoms with Gasteiger partial charge in [-0.3, -0.25) is 4.79 Å². The quantitative estimate of drug-likeness (QED) is 0.465. The molecular formula is C21H19N3O4S. The average molecular weight is 409 g/mol. The van der Waals surface area contributed by atoms with Crippen LogP contribution in [0.4, 0.5) is 11.4 Å². The lowest BCUT2D eigenvalue weighted by atomic mass is 10.1. The third-order valence-corrected chi connectivity index (χ3v) is 5.53. The fourth-order valence-corrected chi connectivity index (χ4v) is 3.63. The highest BCUT2D eigenvalue weighted by Gasteiger charge is 2.15. The number of furan rings is 1. The minimum absolute atomic E-state index is 0.0117. The van der Waals surface area contributed by atoms with Gasteiger partial charge in [0.25, 0.3) is 0 Å². The number of hydrogen-bond acceptors (Lipinski definition) is 5. The SMILES string of the molecule is C[C@H](Nc1ccc2oc3ccccc3c2c1)C(=O)Nc1ccc(S(N)(=O)=O)cc1. The maximum Gasteiger partial charge on any atom is 0.246 e. The van der Waals surface area contributed by atoms with Gasteiger partial charge >= 0.3 is 0 Å². The third kappa shape index (κ3) is 3.94. The molecule has 1 aromatic heterocycles. The largest absolute Gasteiger partial charge is 0.456 e. The standard InChI is InChI=1S/C21H19N3O4S/c1-13(21(25)24-14-6-9-16(10-7-14)29(22,26)27)23-15-8-11-20-18(12-15)17-4-2-3-5-19(17)28-20/h2-13,23H,1H3,(H,24,25)(H2,22,26,27)/t13-/m0/s1. The molecule has 1 atom stereocenters. The molecule has 3 aromatic carbocycles. The molecule has 0 spiro atoms. The molecule has 29 heavy (non-hydrogen) atoms. The van der Waals surface area contributed by atoms with Crippen LogP contribution in [0.15, 0.2) is 76.0 Å². The molecule has 0 aliphatic rings. The molecule has 0 fully saturated rings. The number of amides is 1. The maximum atomic E-state index is 12.5. The first-order valence-corrected chi connectivity index (χ1v) is 10.5. The first kappa shape index (κ1) is 19.0. The van der Waals surface area contributed by atoms with Crippen LogP contribution in [0.3, 0.4) is 0 Å². The molecule has 0 aliphatic carbocycles. The summed E-state index contributed by atoms with van der Waals surface area (Å²) in [5.74, 6) is -0.259. The summed E-state index contributed by atoms with van der Waals surface area (Å²) in [6.07, 6.45) is 0. The first-order valence-electron chi connectivity index (χ1n) is 8.93. The van der Waals surface area contributed by atoms with E-state index in [1.807, 2.05) is 42.5 Å². The number of carbonyl (C=O) groups is 1. The Kier molecular flexibility index (Phi) is 4.73. The average Bonchev–Trinajstić information content (AvgIpc) is 3.06. The normalized spacial score (nSPS) is 12.8. The van der Waals surface area contributed by atoms with Crippen molar-refractivity contribution in [2.45, 2.75) is 17.9 Å². The highest BCUT2D eigenvalue weighted by atomic mass is 32.2. The molecule has 148 valence electrons. The Labute approximate surface area is 167 Å². The van der Waals surface area contributed by atoms with Crippen LogP contribution in [0.1, 0.15) is 6.92 Å². The number of nitrogens with two attached hydrogens (primary N) is 1. The molecular weight excluding hydrogens is 390 g/mol. The Morgan fingerprint density at radius 3 is 2.31 bits per heavy atom. The molecule has 4 N–H and O–H groups in total. The molecule has 0 aliphatic heterocycles. The van der Waals surface area contributed by atoms with Crippen LogP contribution in [0.25, 0.3) is 21.9 Å². The highest BCUT2D eigenvalue weighted by Crippen LogP contribution is 2.30. The van der Waals surface area contributed by atoms with E-state index in [1.54, 1.807) is 6.92 Å². The van der Waals surface area contributed by atoms with Crippen molar-refractivity contribution in [3.63, 3.8) is 0 Å².